The third-order valence-electron chi connectivity index (χ3n) is 4.58. The number of hydrogen-bond acceptors (Lipinski definition) is 4. The van der Waals surface area contributed by atoms with Crippen molar-refractivity contribution in [1.29, 1.82) is 0 Å². The van der Waals surface area contributed by atoms with E-state index in [0.717, 1.165) is 16.6 Å². The molecule has 0 aliphatic carbocycles. The number of rotatable bonds is 3. The Morgan fingerprint density at radius 1 is 1.28 bits per heavy atom. The summed E-state index contributed by atoms with van der Waals surface area (Å²) in [6, 6.07) is 12.0. The number of methoxy groups -OCH3 is 1. The average Bonchev–Trinajstić information content (AvgIpc) is 3.19. The normalized spacial score (nSPS) is 22.5. The maximum atomic E-state index is 14.7. The Kier molecular flexibility index (Phi) is 4.14. The molecule has 130 valence electrons. The minimum atomic E-state index is -1.42. The van der Waals surface area contributed by atoms with Gasteiger partial charge in [0.05, 0.1) is 19.2 Å². The molecule has 0 fully saturated rings. The number of anilines is 1. The Balaban J connectivity index is 1.77. The maximum Gasteiger partial charge on any atom is 0.316 e. The van der Waals surface area contributed by atoms with E-state index in [-0.39, 0.29) is 12.1 Å². The van der Waals surface area contributed by atoms with E-state index in [4.69, 9.17) is 16.3 Å². The molecule has 4 rings (SSSR count). The van der Waals surface area contributed by atoms with Crippen LogP contribution in [0.4, 0.5) is 10.1 Å². The molecule has 2 aromatic carbocycles. The van der Waals surface area contributed by atoms with E-state index < -0.39 is 11.5 Å². The molecule has 2 heterocycles. The lowest BCUT2D eigenvalue weighted by atomic mass is 10.0. The van der Waals surface area contributed by atoms with Gasteiger partial charge in [0.1, 0.15) is 17.3 Å². The van der Waals surface area contributed by atoms with Gasteiger partial charge in [0.25, 0.3) is 5.72 Å². The molecule has 7 heteroatoms. The molecule has 4 nitrogen and oxygen atoms in total. The van der Waals surface area contributed by atoms with Gasteiger partial charge in [0, 0.05) is 16.8 Å². The van der Waals surface area contributed by atoms with E-state index in [1.54, 1.807) is 23.9 Å². The second-order valence-corrected chi connectivity index (χ2v) is 7.51. The number of halogens is 2. The third-order valence-corrected chi connectivity index (χ3v) is 5.92. The molecule has 2 aliphatic rings. The van der Waals surface area contributed by atoms with E-state index >= 15 is 0 Å². The van der Waals surface area contributed by atoms with Crippen molar-refractivity contribution in [2.75, 3.05) is 30.9 Å². The van der Waals surface area contributed by atoms with Gasteiger partial charge < -0.3 is 9.84 Å². The second kappa shape index (κ2) is 6.20. The number of nitrogens with zero attached hydrogens (tertiary/aromatic N) is 2. The number of thioether (sulfide) groups is 1. The number of amidine groups is 1. The lowest BCUT2D eigenvalue weighted by Crippen LogP contribution is -2.42. The quantitative estimate of drug-likeness (QED) is 0.830. The van der Waals surface area contributed by atoms with Crippen molar-refractivity contribution >= 4 is 34.2 Å². The molecular formula is C18H17ClFN2O2S+. The van der Waals surface area contributed by atoms with Crippen molar-refractivity contribution in [2.24, 2.45) is 0 Å². The summed E-state index contributed by atoms with van der Waals surface area (Å²) in [5, 5.41) is 13.0. The SMILES string of the molecule is COc1ccc(C2(O)CN(c3ccc(Cl)cc3)C3=[N+]2CCS3)c(F)c1. The van der Waals surface area contributed by atoms with Gasteiger partial charge in [-0.3, -0.25) is 0 Å². The molecule has 1 unspecified atom stereocenters. The van der Waals surface area contributed by atoms with Crippen LogP contribution < -0.4 is 9.64 Å². The van der Waals surface area contributed by atoms with E-state index in [1.165, 1.54) is 13.2 Å². The summed E-state index contributed by atoms with van der Waals surface area (Å²) >= 11 is 7.64. The molecular weight excluding hydrogens is 363 g/mol. The monoisotopic (exact) mass is 379 g/mol. The van der Waals surface area contributed by atoms with Crippen LogP contribution in [-0.2, 0) is 5.72 Å². The zero-order valence-electron chi connectivity index (χ0n) is 13.6. The molecule has 1 N–H and O–H groups in total. The molecule has 0 aromatic heterocycles. The molecule has 0 radical (unpaired) electrons. The van der Waals surface area contributed by atoms with Gasteiger partial charge in [-0.25, -0.2) is 13.9 Å². The Labute approximate surface area is 154 Å². The minimum absolute atomic E-state index is 0.250. The van der Waals surface area contributed by atoms with Crippen LogP contribution in [0.1, 0.15) is 5.56 Å². The molecule has 25 heavy (non-hydrogen) atoms. The smallest absolute Gasteiger partial charge is 0.316 e. The van der Waals surface area contributed by atoms with Gasteiger partial charge in [-0.05, 0) is 48.2 Å². The summed E-state index contributed by atoms with van der Waals surface area (Å²) in [5.74, 6) is 0.799. The number of aliphatic hydroxyl groups is 1. The fourth-order valence-corrected chi connectivity index (χ4v) is 4.65. The predicted molar refractivity (Wildman–Crippen MR) is 98.2 cm³/mol. The van der Waals surface area contributed by atoms with Crippen LogP contribution in [0.15, 0.2) is 42.5 Å². The van der Waals surface area contributed by atoms with Gasteiger partial charge >= 0.3 is 5.17 Å². The van der Waals surface area contributed by atoms with Crippen LogP contribution in [0.25, 0.3) is 0 Å². The fraction of sp³-hybridized carbons (Fsp3) is 0.278. The fourth-order valence-electron chi connectivity index (χ4n) is 3.34. The van der Waals surface area contributed by atoms with Crippen molar-refractivity contribution in [3.8, 4) is 5.75 Å². The van der Waals surface area contributed by atoms with Gasteiger partial charge in [-0.2, -0.15) is 0 Å². The number of benzene rings is 2. The Morgan fingerprint density at radius 3 is 2.72 bits per heavy atom. The molecule has 0 saturated heterocycles. The Bertz CT molecular complexity index is 859. The van der Waals surface area contributed by atoms with Crippen LogP contribution in [0.2, 0.25) is 5.02 Å². The Morgan fingerprint density at radius 2 is 2.04 bits per heavy atom. The summed E-state index contributed by atoms with van der Waals surface area (Å²) in [5.41, 5.74) is -0.247. The molecule has 2 aromatic rings. The van der Waals surface area contributed by atoms with E-state index in [2.05, 4.69) is 0 Å². The standard InChI is InChI=1S/C18H17ClFN2O2S/c1-24-14-6-7-15(16(20)10-14)18(23)11-21(17-22(18)8-9-25-17)13-4-2-12(19)3-5-13/h2-7,10,23H,8-9,11H2,1H3/q+1. The maximum absolute atomic E-state index is 14.7. The topological polar surface area (TPSA) is 35.7 Å². The van der Waals surface area contributed by atoms with Crippen molar-refractivity contribution in [3.05, 3.63) is 58.9 Å². The first-order chi connectivity index (χ1) is 12.0. The summed E-state index contributed by atoms with van der Waals surface area (Å²) < 4.78 is 21.6. The van der Waals surface area contributed by atoms with Gasteiger partial charge in [0.2, 0.25) is 0 Å². The molecule has 2 aliphatic heterocycles. The first-order valence-electron chi connectivity index (χ1n) is 7.90. The van der Waals surface area contributed by atoms with Crippen molar-refractivity contribution in [1.82, 2.24) is 0 Å². The molecule has 0 spiro atoms. The average molecular weight is 380 g/mol. The number of ether oxygens (including phenoxy) is 1. The van der Waals surface area contributed by atoms with Crippen LogP contribution in [0, 0.1) is 5.82 Å². The van der Waals surface area contributed by atoms with Gasteiger partial charge in [-0.15, -0.1) is 0 Å². The summed E-state index contributed by atoms with van der Waals surface area (Å²) in [7, 11) is 1.49. The first-order valence-corrected chi connectivity index (χ1v) is 9.26. The lowest BCUT2D eigenvalue weighted by molar-refractivity contribution is -0.651. The summed E-state index contributed by atoms with van der Waals surface area (Å²) in [4.78, 5) is 2.01. The largest absolute Gasteiger partial charge is 0.497 e. The van der Waals surface area contributed by atoms with Crippen LogP contribution >= 0.6 is 23.4 Å². The molecule has 1 atom stereocenters. The third kappa shape index (κ3) is 2.69. The summed E-state index contributed by atoms with van der Waals surface area (Å²) in [6.45, 7) is 0.909. The van der Waals surface area contributed by atoms with Crippen molar-refractivity contribution < 1.29 is 18.8 Å². The Hall–Kier alpha value is -1.76. The number of hydrogen-bond donors (Lipinski definition) is 1. The zero-order chi connectivity index (χ0) is 17.6. The molecule has 0 saturated carbocycles. The number of β-amino-alcohol motifs (C(OH)–C–C–N with tert-alkyl or cyclic N) is 1. The highest BCUT2D eigenvalue weighted by Crippen LogP contribution is 2.39. The van der Waals surface area contributed by atoms with Gasteiger partial charge in [0.15, 0.2) is 6.54 Å². The van der Waals surface area contributed by atoms with E-state index in [1.807, 2.05) is 33.7 Å². The predicted octanol–water partition coefficient (Wildman–Crippen LogP) is 3.27. The second-order valence-electron chi connectivity index (χ2n) is 6.01. The van der Waals surface area contributed by atoms with Gasteiger partial charge in [-0.1, -0.05) is 11.6 Å². The first kappa shape index (κ1) is 16.7. The highest BCUT2D eigenvalue weighted by atomic mass is 35.5. The zero-order valence-corrected chi connectivity index (χ0v) is 15.1. The highest BCUT2D eigenvalue weighted by molar-refractivity contribution is 8.14. The lowest BCUT2D eigenvalue weighted by Gasteiger charge is -2.23. The van der Waals surface area contributed by atoms with E-state index in [0.29, 0.717) is 17.3 Å². The van der Waals surface area contributed by atoms with Crippen molar-refractivity contribution in [2.45, 2.75) is 5.72 Å². The molecule has 0 bridgehead atoms. The van der Waals surface area contributed by atoms with E-state index in [9.17, 15) is 9.50 Å². The minimum Gasteiger partial charge on any atom is -0.497 e. The molecule has 0 amide bonds. The summed E-state index contributed by atoms with van der Waals surface area (Å²) in [6.07, 6.45) is 0. The van der Waals surface area contributed by atoms with Crippen LogP contribution in [0.3, 0.4) is 0 Å². The highest BCUT2D eigenvalue weighted by Gasteiger charge is 2.55. The van der Waals surface area contributed by atoms with Crippen LogP contribution in [0.5, 0.6) is 5.75 Å². The van der Waals surface area contributed by atoms with Crippen molar-refractivity contribution in [3.63, 3.8) is 0 Å². The van der Waals surface area contributed by atoms with Crippen LogP contribution in [-0.4, -0.2) is 40.8 Å².